The lowest BCUT2D eigenvalue weighted by atomic mass is 9.77. The molecule has 2 fully saturated rings. The standard InChI is InChI=1S/C28H28N8O2/c1-17-4-5-18(2)36(17)27-30-10-19(11-31-27)24-9-8-22(13-29-24)28(3,21-6-7-21)26-33-25(38-34-26)20-12-32-35(14-20)23-15-37-16-23/h4-5,8-14,21,23H,6-7,15-16H2,1-3H3. The maximum absolute atomic E-state index is 5.71. The van der Waals surface area contributed by atoms with Crippen LogP contribution in [0.2, 0.25) is 0 Å². The van der Waals surface area contributed by atoms with E-state index < -0.39 is 5.41 Å². The Labute approximate surface area is 219 Å². The number of rotatable bonds is 7. The molecule has 5 aromatic heterocycles. The van der Waals surface area contributed by atoms with E-state index in [0.717, 1.165) is 46.6 Å². The van der Waals surface area contributed by atoms with Crippen LogP contribution in [0.4, 0.5) is 0 Å². The number of pyridine rings is 1. The molecular weight excluding hydrogens is 480 g/mol. The van der Waals surface area contributed by atoms with Crippen LogP contribution in [0.5, 0.6) is 0 Å². The fourth-order valence-corrected chi connectivity index (χ4v) is 5.21. The topological polar surface area (TPSA) is 110 Å². The molecule has 1 atom stereocenters. The van der Waals surface area contributed by atoms with Crippen molar-refractivity contribution in [3.05, 3.63) is 78.0 Å². The summed E-state index contributed by atoms with van der Waals surface area (Å²) in [6.45, 7) is 7.64. The van der Waals surface area contributed by atoms with Gasteiger partial charge in [0, 0.05) is 41.7 Å². The van der Waals surface area contributed by atoms with Crippen LogP contribution in [0.15, 0.2) is 59.8 Å². The number of aromatic nitrogens is 8. The molecule has 1 unspecified atom stereocenters. The first-order valence-corrected chi connectivity index (χ1v) is 12.9. The Hall–Kier alpha value is -4.18. The largest absolute Gasteiger partial charge is 0.377 e. The molecule has 0 spiro atoms. The van der Waals surface area contributed by atoms with Gasteiger partial charge in [-0.15, -0.1) is 0 Å². The number of ether oxygens (including phenoxy) is 1. The van der Waals surface area contributed by atoms with E-state index in [1.165, 1.54) is 0 Å². The van der Waals surface area contributed by atoms with Crippen molar-refractivity contribution in [1.82, 2.24) is 39.4 Å². The second kappa shape index (κ2) is 8.70. The summed E-state index contributed by atoms with van der Waals surface area (Å²) in [5.41, 5.74) is 5.37. The first kappa shape index (κ1) is 23.0. The Morgan fingerprint density at radius 3 is 2.29 bits per heavy atom. The van der Waals surface area contributed by atoms with E-state index in [2.05, 4.69) is 45.3 Å². The summed E-state index contributed by atoms with van der Waals surface area (Å²) in [5.74, 6) is 2.25. The summed E-state index contributed by atoms with van der Waals surface area (Å²) >= 11 is 0. The van der Waals surface area contributed by atoms with E-state index in [1.807, 2.05) is 54.0 Å². The summed E-state index contributed by atoms with van der Waals surface area (Å²) in [5, 5.41) is 8.87. The van der Waals surface area contributed by atoms with Gasteiger partial charge in [0.05, 0.1) is 42.1 Å². The minimum atomic E-state index is -0.394. The van der Waals surface area contributed by atoms with Crippen LogP contribution in [-0.4, -0.2) is 52.7 Å². The molecule has 0 radical (unpaired) electrons. The molecule has 1 aliphatic carbocycles. The van der Waals surface area contributed by atoms with Crippen LogP contribution in [0.3, 0.4) is 0 Å². The van der Waals surface area contributed by atoms with E-state index in [9.17, 15) is 0 Å². The summed E-state index contributed by atoms with van der Waals surface area (Å²) in [7, 11) is 0. The maximum Gasteiger partial charge on any atom is 0.261 e. The van der Waals surface area contributed by atoms with Crippen molar-refractivity contribution >= 4 is 0 Å². The van der Waals surface area contributed by atoms with Crippen LogP contribution in [0.25, 0.3) is 28.7 Å². The Morgan fingerprint density at radius 1 is 0.895 bits per heavy atom. The normalized spacial score (nSPS) is 17.3. The monoisotopic (exact) mass is 508 g/mol. The van der Waals surface area contributed by atoms with Gasteiger partial charge >= 0.3 is 0 Å². The van der Waals surface area contributed by atoms with Crippen molar-refractivity contribution in [2.75, 3.05) is 13.2 Å². The molecule has 192 valence electrons. The number of hydrogen-bond acceptors (Lipinski definition) is 8. The third kappa shape index (κ3) is 3.75. The van der Waals surface area contributed by atoms with Crippen molar-refractivity contribution in [3.8, 4) is 28.7 Å². The van der Waals surface area contributed by atoms with E-state index in [0.29, 0.717) is 36.8 Å². The van der Waals surface area contributed by atoms with Gasteiger partial charge in [-0.2, -0.15) is 10.1 Å². The number of nitrogens with zero attached hydrogens (tertiary/aromatic N) is 8. The molecule has 5 aromatic rings. The van der Waals surface area contributed by atoms with Gasteiger partial charge in [-0.05, 0) is 63.3 Å². The zero-order valence-corrected chi connectivity index (χ0v) is 21.6. The fraction of sp³-hybridized carbons (Fsp3) is 0.357. The van der Waals surface area contributed by atoms with Crippen LogP contribution in [0.1, 0.15) is 48.6 Å². The van der Waals surface area contributed by atoms with Gasteiger partial charge < -0.3 is 9.26 Å². The zero-order chi connectivity index (χ0) is 25.9. The molecule has 10 nitrogen and oxygen atoms in total. The minimum Gasteiger partial charge on any atom is -0.377 e. The molecule has 6 heterocycles. The van der Waals surface area contributed by atoms with Crippen molar-refractivity contribution in [3.63, 3.8) is 0 Å². The van der Waals surface area contributed by atoms with Crippen LogP contribution < -0.4 is 0 Å². The molecule has 1 aliphatic heterocycles. The quantitative estimate of drug-likeness (QED) is 0.317. The van der Waals surface area contributed by atoms with Crippen LogP contribution >= 0.6 is 0 Å². The number of aryl methyl sites for hydroxylation is 2. The lowest BCUT2D eigenvalue weighted by Gasteiger charge is -2.26. The van der Waals surface area contributed by atoms with E-state index in [-0.39, 0.29) is 6.04 Å². The maximum atomic E-state index is 5.71. The highest BCUT2D eigenvalue weighted by Crippen LogP contribution is 2.50. The van der Waals surface area contributed by atoms with Gasteiger partial charge in [-0.1, -0.05) is 11.2 Å². The van der Waals surface area contributed by atoms with Gasteiger partial charge in [0.2, 0.25) is 5.95 Å². The van der Waals surface area contributed by atoms with E-state index in [1.54, 1.807) is 6.20 Å². The van der Waals surface area contributed by atoms with Crippen molar-refractivity contribution in [1.29, 1.82) is 0 Å². The van der Waals surface area contributed by atoms with Crippen molar-refractivity contribution in [2.24, 2.45) is 5.92 Å². The zero-order valence-electron chi connectivity index (χ0n) is 21.6. The molecule has 38 heavy (non-hydrogen) atoms. The molecule has 1 saturated carbocycles. The third-order valence-electron chi connectivity index (χ3n) is 7.90. The highest BCUT2D eigenvalue weighted by molar-refractivity contribution is 5.58. The fourth-order valence-electron chi connectivity index (χ4n) is 5.21. The summed E-state index contributed by atoms with van der Waals surface area (Å²) in [6, 6.07) is 8.53. The van der Waals surface area contributed by atoms with Gasteiger partial charge in [0.1, 0.15) is 0 Å². The Kier molecular flexibility index (Phi) is 5.26. The Balaban J connectivity index is 1.15. The second-order valence-electron chi connectivity index (χ2n) is 10.5. The molecular formula is C28H28N8O2. The van der Waals surface area contributed by atoms with Gasteiger partial charge in [0.25, 0.3) is 5.89 Å². The minimum absolute atomic E-state index is 0.274. The SMILES string of the molecule is Cc1ccc(C)n1-c1ncc(-c2ccc(C(C)(c3noc(-c4cnn(C5COC5)c4)n3)C3CC3)cn2)cn1. The lowest BCUT2D eigenvalue weighted by molar-refractivity contribution is -0.0286. The molecule has 0 aromatic carbocycles. The van der Waals surface area contributed by atoms with E-state index in [4.69, 9.17) is 19.2 Å². The average molecular weight is 509 g/mol. The van der Waals surface area contributed by atoms with Crippen molar-refractivity contribution < 1.29 is 9.26 Å². The van der Waals surface area contributed by atoms with Gasteiger partial charge in [-0.25, -0.2) is 9.97 Å². The molecule has 7 rings (SSSR count). The summed E-state index contributed by atoms with van der Waals surface area (Å²) in [6.07, 6.45) is 11.5. The first-order valence-electron chi connectivity index (χ1n) is 12.9. The first-order chi connectivity index (χ1) is 18.5. The summed E-state index contributed by atoms with van der Waals surface area (Å²) < 4.78 is 14.9. The predicted molar refractivity (Wildman–Crippen MR) is 139 cm³/mol. The van der Waals surface area contributed by atoms with Crippen LogP contribution in [0, 0.1) is 19.8 Å². The van der Waals surface area contributed by atoms with Crippen molar-refractivity contribution in [2.45, 2.75) is 45.1 Å². The lowest BCUT2D eigenvalue weighted by Crippen LogP contribution is -2.30. The predicted octanol–water partition coefficient (Wildman–Crippen LogP) is 4.48. The van der Waals surface area contributed by atoms with E-state index >= 15 is 0 Å². The summed E-state index contributed by atoms with van der Waals surface area (Å²) in [4.78, 5) is 18.8. The molecule has 10 heteroatoms. The van der Waals surface area contributed by atoms with Crippen LogP contribution in [-0.2, 0) is 10.2 Å². The third-order valence-corrected chi connectivity index (χ3v) is 7.90. The Morgan fingerprint density at radius 2 is 1.66 bits per heavy atom. The molecule has 0 N–H and O–H groups in total. The average Bonchev–Trinajstić information content (AvgIpc) is 3.29. The van der Waals surface area contributed by atoms with Gasteiger partial charge in [0.15, 0.2) is 5.82 Å². The smallest absolute Gasteiger partial charge is 0.261 e. The Bertz CT molecular complexity index is 1570. The molecule has 2 aliphatic rings. The second-order valence-corrected chi connectivity index (χ2v) is 10.5. The molecule has 0 amide bonds. The highest BCUT2D eigenvalue weighted by atomic mass is 16.5. The molecule has 0 bridgehead atoms. The van der Waals surface area contributed by atoms with Gasteiger partial charge in [-0.3, -0.25) is 14.2 Å². The highest BCUT2D eigenvalue weighted by Gasteiger charge is 2.47. The number of hydrogen-bond donors (Lipinski definition) is 0. The molecule has 1 saturated heterocycles.